The van der Waals surface area contributed by atoms with E-state index in [0.29, 0.717) is 13.2 Å². The SMILES string of the molecule is COCCC1(CO)CCOC1. The summed E-state index contributed by atoms with van der Waals surface area (Å²) >= 11 is 0. The van der Waals surface area contributed by atoms with Crippen molar-refractivity contribution >= 4 is 0 Å². The predicted molar refractivity (Wildman–Crippen MR) is 41.4 cm³/mol. The van der Waals surface area contributed by atoms with Crippen molar-refractivity contribution in [2.24, 2.45) is 5.41 Å². The normalized spacial score (nSPS) is 31.1. The van der Waals surface area contributed by atoms with Gasteiger partial charge in [-0.25, -0.2) is 0 Å². The van der Waals surface area contributed by atoms with Gasteiger partial charge >= 0.3 is 0 Å². The summed E-state index contributed by atoms with van der Waals surface area (Å²) in [6, 6.07) is 0. The van der Waals surface area contributed by atoms with Crippen LogP contribution in [0.25, 0.3) is 0 Å². The van der Waals surface area contributed by atoms with E-state index < -0.39 is 0 Å². The van der Waals surface area contributed by atoms with Crippen molar-refractivity contribution in [3.8, 4) is 0 Å². The number of aliphatic hydroxyl groups excluding tert-OH is 1. The Balaban J connectivity index is 2.33. The van der Waals surface area contributed by atoms with Crippen LogP contribution in [0.15, 0.2) is 0 Å². The van der Waals surface area contributed by atoms with E-state index in [2.05, 4.69) is 0 Å². The molecule has 1 rings (SSSR count). The average molecular weight is 160 g/mol. The summed E-state index contributed by atoms with van der Waals surface area (Å²) in [6.45, 7) is 2.40. The van der Waals surface area contributed by atoms with Crippen molar-refractivity contribution in [2.45, 2.75) is 12.8 Å². The van der Waals surface area contributed by atoms with Crippen LogP contribution in [0.5, 0.6) is 0 Å². The summed E-state index contributed by atoms with van der Waals surface area (Å²) in [6.07, 6.45) is 1.87. The van der Waals surface area contributed by atoms with Crippen molar-refractivity contribution in [3.05, 3.63) is 0 Å². The lowest BCUT2D eigenvalue weighted by Gasteiger charge is -2.23. The molecule has 66 valence electrons. The van der Waals surface area contributed by atoms with Gasteiger partial charge in [-0.2, -0.15) is 0 Å². The number of hydrogen-bond donors (Lipinski definition) is 1. The van der Waals surface area contributed by atoms with Gasteiger partial charge in [0.05, 0.1) is 13.2 Å². The minimum absolute atomic E-state index is 0.00396. The van der Waals surface area contributed by atoms with Gasteiger partial charge in [-0.1, -0.05) is 0 Å². The molecule has 0 radical (unpaired) electrons. The highest BCUT2D eigenvalue weighted by atomic mass is 16.5. The van der Waals surface area contributed by atoms with Crippen LogP contribution in [0, 0.1) is 5.41 Å². The Labute approximate surface area is 67.3 Å². The smallest absolute Gasteiger partial charge is 0.0546 e. The fraction of sp³-hybridized carbons (Fsp3) is 1.00. The molecule has 1 saturated heterocycles. The molecule has 0 aromatic heterocycles. The van der Waals surface area contributed by atoms with Crippen molar-refractivity contribution in [1.82, 2.24) is 0 Å². The van der Waals surface area contributed by atoms with Crippen LogP contribution in [0.3, 0.4) is 0 Å². The maximum absolute atomic E-state index is 9.11. The van der Waals surface area contributed by atoms with Crippen molar-refractivity contribution in [3.63, 3.8) is 0 Å². The minimum Gasteiger partial charge on any atom is -0.396 e. The number of ether oxygens (including phenoxy) is 2. The van der Waals surface area contributed by atoms with Crippen molar-refractivity contribution in [1.29, 1.82) is 0 Å². The molecule has 11 heavy (non-hydrogen) atoms. The molecular weight excluding hydrogens is 144 g/mol. The lowest BCUT2D eigenvalue weighted by molar-refractivity contribution is 0.0596. The largest absolute Gasteiger partial charge is 0.396 e. The van der Waals surface area contributed by atoms with Gasteiger partial charge in [-0.15, -0.1) is 0 Å². The molecule has 0 bridgehead atoms. The van der Waals surface area contributed by atoms with Crippen molar-refractivity contribution < 1.29 is 14.6 Å². The van der Waals surface area contributed by atoms with Crippen LogP contribution in [-0.2, 0) is 9.47 Å². The van der Waals surface area contributed by atoms with Crippen LogP contribution < -0.4 is 0 Å². The molecular formula is C8H16O3. The van der Waals surface area contributed by atoms with E-state index in [-0.39, 0.29) is 12.0 Å². The standard InChI is InChI=1S/C8H16O3/c1-10-4-2-8(6-9)3-5-11-7-8/h9H,2-7H2,1H3. The maximum atomic E-state index is 9.11. The Morgan fingerprint density at radius 2 is 2.45 bits per heavy atom. The van der Waals surface area contributed by atoms with Gasteiger partial charge in [-0.3, -0.25) is 0 Å². The summed E-state index contributed by atoms with van der Waals surface area (Å²) in [4.78, 5) is 0. The number of methoxy groups -OCH3 is 1. The third-order valence-electron chi connectivity index (χ3n) is 2.36. The molecule has 1 atom stereocenters. The highest BCUT2D eigenvalue weighted by Crippen LogP contribution is 2.31. The fourth-order valence-electron chi connectivity index (χ4n) is 1.37. The Bertz CT molecular complexity index is 108. The first-order chi connectivity index (χ1) is 5.33. The van der Waals surface area contributed by atoms with E-state index in [0.717, 1.165) is 19.4 Å². The van der Waals surface area contributed by atoms with E-state index in [1.54, 1.807) is 7.11 Å². The van der Waals surface area contributed by atoms with Gasteiger partial charge in [-0.05, 0) is 12.8 Å². The number of aliphatic hydroxyl groups is 1. The molecule has 0 aromatic rings. The van der Waals surface area contributed by atoms with Gasteiger partial charge in [0.1, 0.15) is 0 Å². The van der Waals surface area contributed by atoms with Gasteiger partial charge in [0.15, 0.2) is 0 Å². The van der Waals surface area contributed by atoms with E-state index in [9.17, 15) is 0 Å². The third-order valence-corrected chi connectivity index (χ3v) is 2.36. The zero-order chi connectivity index (χ0) is 8.16. The molecule has 0 saturated carbocycles. The highest BCUT2D eigenvalue weighted by Gasteiger charge is 2.33. The number of hydrogen-bond acceptors (Lipinski definition) is 3. The molecule has 1 aliphatic heterocycles. The summed E-state index contributed by atoms with van der Waals surface area (Å²) < 4.78 is 10.2. The predicted octanol–water partition coefficient (Wildman–Crippen LogP) is 0.422. The molecule has 1 aliphatic rings. The summed E-state index contributed by atoms with van der Waals surface area (Å²) in [7, 11) is 1.68. The lowest BCUT2D eigenvalue weighted by Crippen LogP contribution is -2.27. The molecule has 1 fully saturated rings. The Morgan fingerprint density at radius 3 is 2.91 bits per heavy atom. The summed E-state index contributed by atoms with van der Waals surface area (Å²) in [5, 5.41) is 9.11. The topological polar surface area (TPSA) is 38.7 Å². The lowest BCUT2D eigenvalue weighted by atomic mass is 9.85. The van der Waals surface area contributed by atoms with Crippen LogP contribution in [0.1, 0.15) is 12.8 Å². The van der Waals surface area contributed by atoms with E-state index >= 15 is 0 Å². The first-order valence-corrected chi connectivity index (χ1v) is 4.00. The Kier molecular flexibility index (Phi) is 3.30. The van der Waals surface area contributed by atoms with Crippen LogP contribution in [0.4, 0.5) is 0 Å². The van der Waals surface area contributed by atoms with Crippen LogP contribution in [-0.4, -0.2) is 38.6 Å². The van der Waals surface area contributed by atoms with Gasteiger partial charge < -0.3 is 14.6 Å². The molecule has 0 amide bonds. The monoisotopic (exact) mass is 160 g/mol. The minimum atomic E-state index is -0.00396. The second-order valence-electron chi connectivity index (χ2n) is 3.20. The molecule has 3 heteroatoms. The zero-order valence-corrected chi connectivity index (χ0v) is 7.01. The molecule has 0 aliphatic carbocycles. The average Bonchev–Trinajstić information content (AvgIpc) is 2.50. The summed E-state index contributed by atoms with van der Waals surface area (Å²) in [5.74, 6) is 0. The van der Waals surface area contributed by atoms with Gasteiger partial charge in [0.2, 0.25) is 0 Å². The van der Waals surface area contributed by atoms with E-state index in [1.165, 1.54) is 0 Å². The fourth-order valence-corrected chi connectivity index (χ4v) is 1.37. The Morgan fingerprint density at radius 1 is 1.64 bits per heavy atom. The van der Waals surface area contributed by atoms with Crippen LogP contribution in [0.2, 0.25) is 0 Å². The first-order valence-electron chi connectivity index (χ1n) is 4.00. The number of rotatable bonds is 4. The van der Waals surface area contributed by atoms with E-state index in [4.69, 9.17) is 14.6 Å². The second-order valence-corrected chi connectivity index (χ2v) is 3.20. The van der Waals surface area contributed by atoms with Gasteiger partial charge in [0, 0.05) is 25.7 Å². The molecule has 0 spiro atoms. The third kappa shape index (κ3) is 2.15. The molecule has 0 aromatic carbocycles. The zero-order valence-electron chi connectivity index (χ0n) is 7.01. The second kappa shape index (κ2) is 4.04. The maximum Gasteiger partial charge on any atom is 0.0546 e. The van der Waals surface area contributed by atoms with Gasteiger partial charge in [0.25, 0.3) is 0 Å². The summed E-state index contributed by atoms with van der Waals surface area (Å²) in [5.41, 5.74) is -0.00396. The molecule has 1 N–H and O–H groups in total. The Hall–Kier alpha value is -0.120. The van der Waals surface area contributed by atoms with Crippen LogP contribution >= 0.6 is 0 Å². The molecule has 1 unspecified atom stereocenters. The molecule has 3 nitrogen and oxygen atoms in total. The first kappa shape index (κ1) is 8.97. The highest BCUT2D eigenvalue weighted by molar-refractivity contribution is 4.82. The molecule has 1 heterocycles. The van der Waals surface area contributed by atoms with Crippen molar-refractivity contribution in [2.75, 3.05) is 33.5 Å². The quantitative estimate of drug-likeness (QED) is 0.648. The van der Waals surface area contributed by atoms with E-state index in [1.807, 2.05) is 0 Å².